The molecule has 0 saturated heterocycles. The fourth-order valence-corrected chi connectivity index (χ4v) is 1.91. The van der Waals surface area contributed by atoms with E-state index in [2.05, 4.69) is 9.97 Å². The summed E-state index contributed by atoms with van der Waals surface area (Å²) in [5.41, 5.74) is 0.120. The summed E-state index contributed by atoms with van der Waals surface area (Å²) < 4.78 is 24.9. The first-order valence-corrected chi connectivity index (χ1v) is 6.11. The highest BCUT2D eigenvalue weighted by Crippen LogP contribution is 2.24. The van der Waals surface area contributed by atoms with Crippen molar-refractivity contribution in [1.82, 2.24) is 9.97 Å². The van der Waals surface area contributed by atoms with Crippen LogP contribution in [-0.2, 0) is 0 Å². The number of halogens is 2. The van der Waals surface area contributed by atoms with Crippen molar-refractivity contribution in [3.63, 3.8) is 0 Å². The SMILES string of the molecule is CC(C)c1c(O)nc(-c2ccc(C(F)F)cc2)[nH]c1=O. The number of hydrogen-bond acceptors (Lipinski definition) is 3. The van der Waals surface area contributed by atoms with E-state index in [1.54, 1.807) is 13.8 Å². The number of rotatable bonds is 3. The third-order valence-electron chi connectivity index (χ3n) is 2.95. The van der Waals surface area contributed by atoms with Gasteiger partial charge in [-0.05, 0) is 5.92 Å². The van der Waals surface area contributed by atoms with Gasteiger partial charge in [0.25, 0.3) is 12.0 Å². The molecule has 0 aliphatic carbocycles. The summed E-state index contributed by atoms with van der Waals surface area (Å²) in [6, 6.07) is 5.36. The van der Waals surface area contributed by atoms with Crippen LogP contribution in [0.15, 0.2) is 29.1 Å². The minimum Gasteiger partial charge on any atom is -0.493 e. The molecule has 0 aliphatic heterocycles. The molecule has 2 N–H and O–H groups in total. The first kappa shape index (κ1) is 14.2. The van der Waals surface area contributed by atoms with Crippen molar-refractivity contribution < 1.29 is 13.9 Å². The Morgan fingerprint density at radius 3 is 2.25 bits per heavy atom. The van der Waals surface area contributed by atoms with Crippen LogP contribution in [0.25, 0.3) is 11.4 Å². The molecule has 0 unspecified atom stereocenters. The normalized spacial score (nSPS) is 11.3. The zero-order valence-corrected chi connectivity index (χ0v) is 11.0. The highest BCUT2D eigenvalue weighted by Gasteiger charge is 2.15. The minimum atomic E-state index is -2.55. The molecule has 20 heavy (non-hydrogen) atoms. The predicted octanol–water partition coefficient (Wildman–Crippen LogP) is 3.20. The van der Waals surface area contributed by atoms with Crippen LogP contribution in [0.3, 0.4) is 0 Å². The van der Waals surface area contributed by atoms with E-state index in [0.29, 0.717) is 5.56 Å². The lowest BCUT2D eigenvalue weighted by atomic mass is 10.1. The van der Waals surface area contributed by atoms with Gasteiger partial charge in [-0.25, -0.2) is 8.78 Å². The quantitative estimate of drug-likeness (QED) is 0.907. The van der Waals surface area contributed by atoms with Crippen LogP contribution in [0, 0.1) is 0 Å². The summed E-state index contributed by atoms with van der Waals surface area (Å²) in [5, 5.41) is 9.80. The van der Waals surface area contributed by atoms with Crippen LogP contribution in [0.4, 0.5) is 8.78 Å². The first-order valence-electron chi connectivity index (χ1n) is 6.11. The molecule has 0 aliphatic rings. The zero-order chi connectivity index (χ0) is 14.9. The molecular weight excluding hydrogens is 266 g/mol. The highest BCUT2D eigenvalue weighted by atomic mass is 19.3. The van der Waals surface area contributed by atoms with Gasteiger partial charge in [-0.3, -0.25) is 4.79 Å². The van der Waals surface area contributed by atoms with E-state index in [9.17, 15) is 18.7 Å². The standard InChI is InChI=1S/C14H14F2N2O2/c1-7(2)10-13(19)17-12(18-14(10)20)9-5-3-8(4-6-9)11(15)16/h3-7,11H,1-2H3,(H2,17,18,19,20). The number of hydrogen-bond donors (Lipinski definition) is 2. The van der Waals surface area contributed by atoms with Gasteiger partial charge >= 0.3 is 0 Å². The van der Waals surface area contributed by atoms with Gasteiger partial charge in [-0.2, -0.15) is 4.98 Å². The monoisotopic (exact) mass is 280 g/mol. The van der Waals surface area contributed by atoms with E-state index < -0.39 is 12.0 Å². The third kappa shape index (κ3) is 2.68. The molecule has 0 atom stereocenters. The van der Waals surface area contributed by atoms with Crippen LogP contribution < -0.4 is 5.56 Å². The Bertz CT molecular complexity index is 664. The smallest absolute Gasteiger partial charge is 0.263 e. The lowest BCUT2D eigenvalue weighted by Gasteiger charge is -2.08. The molecule has 0 fully saturated rings. The van der Waals surface area contributed by atoms with Crippen molar-refractivity contribution in [2.75, 3.05) is 0 Å². The van der Waals surface area contributed by atoms with Gasteiger partial charge in [0.1, 0.15) is 5.82 Å². The number of aromatic amines is 1. The number of nitrogens with one attached hydrogen (secondary N) is 1. The van der Waals surface area contributed by atoms with Gasteiger partial charge in [0, 0.05) is 11.1 Å². The zero-order valence-electron chi connectivity index (χ0n) is 11.0. The number of aromatic nitrogens is 2. The van der Waals surface area contributed by atoms with Crippen molar-refractivity contribution in [3.8, 4) is 17.3 Å². The third-order valence-corrected chi connectivity index (χ3v) is 2.95. The van der Waals surface area contributed by atoms with Gasteiger partial charge in [0.2, 0.25) is 5.88 Å². The summed E-state index contributed by atoms with van der Waals surface area (Å²) in [5.74, 6) is -0.351. The second kappa shape index (κ2) is 5.40. The van der Waals surface area contributed by atoms with E-state index in [0.717, 1.165) is 0 Å². The Morgan fingerprint density at radius 2 is 1.80 bits per heavy atom. The Morgan fingerprint density at radius 1 is 1.20 bits per heavy atom. The maximum absolute atomic E-state index is 12.5. The molecule has 1 aromatic carbocycles. The number of alkyl halides is 2. The average Bonchev–Trinajstić information content (AvgIpc) is 2.37. The molecule has 0 saturated carbocycles. The molecule has 2 aromatic rings. The molecule has 106 valence electrons. The lowest BCUT2D eigenvalue weighted by Crippen LogP contribution is -2.16. The largest absolute Gasteiger partial charge is 0.493 e. The van der Waals surface area contributed by atoms with Crippen molar-refractivity contribution in [3.05, 3.63) is 45.7 Å². The minimum absolute atomic E-state index is 0.112. The van der Waals surface area contributed by atoms with Crippen LogP contribution >= 0.6 is 0 Å². The van der Waals surface area contributed by atoms with E-state index in [4.69, 9.17) is 0 Å². The van der Waals surface area contributed by atoms with E-state index in [-0.39, 0.29) is 28.7 Å². The number of nitrogens with zero attached hydrogens (tertiary/aromatic N) is 1. The highest BCUT2D eigenvalue weighted by molar-refractivity contribution is 5.56. The van der Waals surface area contributed by atoms with Gasteiger partial charge in [-0.1, -0.05) is 38.1 Å². The Kier molecular flexibility index (Phi) is 3.83. The Balaban J connectivity index is 2.46. The molecular formula is C14H14F2N2O2. The second-order valence-electron chi connectivity index (χ2n) is 4.73. The van der Waals surface area contributed by atoms with Crippen LogP contribution in [-0.4, -0.2) is 15.1 Å². The molecule has 6 heteroatoms. The predicted molar refractivity (Wildman–Crippen MR) is 71.0 cm³/mol. The summed E-state index contributed by atoms with van der Waals surface area (Å²) in [4.78, 5) is 18.3. The van der Waals surface area contributed by atoms with Gasteiger partial charge in [0.15, 0.2) is 0 Å². The summed E-state index contributed by atoms with van der Waals surface area (Å²) in [6.45, 7) is 3.53. The Labute approximate surface area is 114 Å². The molecule has 0 radical (unpaired) electrons. The average molecular weight is 280 g/mol. The van der Waals surface area contributed by atoms with Crippen molar-refractivity contribution in [1.29, 1.82) is 0 Å². The van der Waals surface area contributed by atoms with Crippen LogP contribution in [0.2, 0.25) is 0 Å². The van der Waals surface area contributed by atoms with Gasteiger partial charge in [0.05, 0.1) is 5.56 Å². The fourth-order valence-electron chi connectivity index (χ4n) is 1.91. The molecule has 1 aromatic heterocycles. The molecule has 2 rings (SSSR count). The maximum Gasteiger partial charge on any atom is 0.263 e. The summed E-state index contributed by atoms with van der Waals surface area (Å²) in [7, 11) is 0. The fraction of sp³-hybridized carbons (Fsp3) is 0.286. The van der Waals surface area contributed by atoms with Crippen molar-refractivity contribution in [2.45, 2.75) is 26.2 Å². The Hall–Kier alpha value is -2.24. The molecule has 0 bridgehead atoms. The molecule has 0 spiro atoms. The van der Waals surface area contributed by atoms with E-state index in [1.807, 2.05) is 0 Å². The van der Waals surface area contributed by atoms with Gasteiger partial charge in [-0.15, -0.1) is 0 Å². The van der Waals surface area contributed by atoms with Crippen molar-refractivity contribution in [2.24, 2.45) is 0 Å². The number of H-pyrrole nitrogens is 1. The molecule has 1 heterocycles. The maximum atomic E-state index is 12.5. The lowest BCUT2D eigenvalue weighted by molar-refractivity contribution is 0.151. The van der Waals surface area contributed by atoms with Crippen molar-refractivity contribution >= 4 is 0 Å². The van der Waals surface area contributed by atoms with E-state index in [1.165, 1.54) is 24.3 Å². The van der Waals surface area contributed by atoms with Crippen LogP contribution in [0.5, 0.6) is 5.88 Å². The van der Waals surface area contributed by atoms with E-state index >= 15 is 0 Å². The summed E-state index contributed by atoms with van der Waals surface area (Å²) >= 11 is 0. The van der Waals surface area contributed by atoms with Gasteiger partial charge < -0.3 is 10.1 Å². The summed E-state index contributed by atoms with van der Waals surface area (Å²) in [6.07, 6.45) is -2.55. The molecule has 4 nitrogen and oxygen atoms in total. The number of aromatic hydroxyl groups is 1. The van der Waals surface area contributed by atoms with Crippen LogP contribution in [0.1, 0.15) is 37.3 Å². The number of benzene rings is 1. The first-order chi connectivity index (χ1) is 9.40. The molecule has 0 amide bonds. The second-order valence-corrected chi connectivity index (χ2v) is 4.73. The topological polar surface area (TPSA) is 66.0 Å².